The van der Waals surface area contributed by atoms with E-state index in [0.29, 0.717) is 19.3 Å². The number of unbranched alkanes of at least 4 members (excludes halogenated alkanes) is 2. The van der Waals surface area contributed by atoms with Crippen LogP contribution in [0.2, 0.25) is 0 Å². The van der Waals surface area contributed by atoms with E-state index in [1.165, 1.54) is 24.8 Å². The molecule has 21 heavy (non-hydrogen) atoms. The summed E-state index contributed by atoms with van der Waals surface area (Å²) >= 11 is 0. The van der Waals surface area contributed by atoms with Crippen molar-refractivity contribution in [2.75, 3.05) is 40.4 Å². The van der Waals surface area contributed by atoms with Crippen LogP contribution in [0.1, 0.15) is 37.8 Å². The van der Waals surface area contributed by atoms with Gasteiger partial charge in [0.15, 0.2) is 11.5 Å². The fraction of sp³-hybridized carbons (Fsp3) is 0.647. The van der Waals surface area contributed by atoms with Crippen molar-refractivity contribution >= 4 is 0 Å². The maximum atomic E-state index is 5.68. The summed E-state index contributed by atoms with van der Waals surface area (Å²) in [5.41, 5.74) is 1.25. The van der Waals surface area contributed by atoms with E-state index in [4.69, 9.17) is 9.47 Å². The van der Waals surface area contributed by atoms with E-state index < -0.39 is 0 Å². The van der Waals surface area contributed by atoms with E-state index in [9.17, 15) is 0 Å². The van der Waals surface area contributed by atoms with Crippen LogP contribution in [0, 0.1) is 0 Å². The van der Waals surface area contributed by atoms with Gasteiger partial charge in [-0.1, -0.05) is 25.8 Å². The summed E-state index contributed by atoms with van der Waals surface area (Å²) in [6.45, 7) is 5.67. The molecule has 1 atom stereocenters. The molecule has 0 saturated carbocycles. The first-order valence-corrected chi connectivity index (χ1v) is 8.00. The number of fused-ring (bicyclic) bond motifs is 1. The summed E-state index contributed by atoms with van der Waals surface area (Å²) in [4.78, 5) is 2.40. The maximum Gasteiger partial charge on any atom is 0.161 e. The predicted octanol–water partition coefficient (Wildman–Crippen LogP) is 2.84. The second-order valence-corrected chi connectivity index (χ2v) is 5.71. The molecule has 0 fully saturated rings. The van der Waals surface area contributed by atoms with E-state index >= 15 is 0 Å². The molecule has 4 nitrogen and oxygen atoms in total. The molecule has 1 aromatic carbocycles. The van der Waals surface area contributed by atoms with Crippen LogP contribution in [0.25, 0.3) is 0 Å². The number of nitrogens with one attached hydrogen (secondary N) is 1. The van der Waals surface area contributed by atoms with Gasteiger partial charge in [0, 0.05) is 12.6 Å². The molecule has 0 saturated heterocycles. The maximum absolute atomic E-state index is 5.68. The largest absolute Gasteiger partial charge is 0.486 e. The first kappa shape index (κ1) is 16.1. The van der Waals surface area contributed by atoms with Crippen LogP contribution >= 0.6 is 0 Å². The zero-order chi connectivity index (χ0) is 15.1. The average molecular weight is 292 g/mol. The number of hydrogen-bond donors (Lipinski definition) is 1. The molecule has 0 aromatic heterocycles. The van der Waals surface area contributed by atoms with Crippen LogP contribution in [0.4, 0.5) is 0 Å². The predicted molar refractivity (Wildman–Crippen MR) is 86.3 cm³/mol. The Labute approximate surface area is 128 Å². The van der Waals surface area contributed by atoms with Gasteiger partial charge in [-0.05, 0) is 44.8 Å². The zero-order valence-electron chi connectivity index (χ0n) is 13.5. The van der Waals surface area contributed by atoms with Crippen LogP contribution in [0.3, 0.4) is 0 Å². The Morgan fingerprint density at radius 2 is 1.95 bits per heavy atom. The lowest BCUT2D eigenvalue weighted by atomic mass is 10.1. The quantitative estimate of drug-likeness (QED) is 0.747. The van der Waals surface area contributed by atoms with Gasteiger partial charge in [-0.15, -0.1) is 0 Å². The van der Waals surface area contributed by atoms with Gasteiger partial charge in [-0.2, -0.15) is 0 Å². The van der Waals surface area contributed by atoms with Gasteiger partial charge in [-0.25, -0.2) is 0 Å². The molecular formula is C17H28N2O2. The Kier molecular flexibility index (Phi) is 6.33. The molecule has 1 aliphatic heterocycles. The third-order valence-corrected chi connectivity index (χ3v) is 3.95. The van der Waals surface area contributed by atoms with E-state index in [0.717, 1.165) is 24.6 Å². The number of likely N-dealkylation sites (N-methyl/N-ethyl adjacent to an activating group) is 2. The molecule has 0 aliphatic carbocycles. The number of nitrogens with zero attached hydrogens (tertiary/aromatic N) is 1. The Morgan fingerprint density at radius 1 is 1.19 bits per heavy atom. The van der Waals surface area contributed by atoms with Crippen LogP contribution in [-0.2, 0) is 0 Å². The molecule has 2 rings (SSSR count). The summed E-state index contributed by atoms with van der Waals surface area (Å²) in [5.74, 6) is 1.73. The third-order valence-electron chi connectivity index (χ3n) is 3.95. The number of benzene rings is 1. The second-order valence-electron chi connectivity index (χ2n) is 5.71. The normalized spacial score (nSPS) is 15.2. The topological polar surface area (TPSA) is 33.7 Å². The van der Waals surface area contributed by atoms with Crippen LogP contribution in [0.5, 0.6) is 11.5 Å². The monoisotopic (exact) mass is 292 g/mol. The van der Waals surface area contributed by atoms with Gasteiger partial charge in [0.25, 0.3) is 0 Å². The molecule has 0 radical (unpaired) electrons. The van der Waals surface area contributed by atoms with Gasteiger partial charge >= 0.3 is 0 Å². The van der Waals surface area contributed by atoms with Crippen molar-refractivity contribution in [3.8, 4) is 11.5 Å². The minimum absolute atomic E-state index is 0.312. The summed E-state index contributed by atoms with van der Waals surface area (Å²) in [6.07, 6.45) is 3.84. The lowest BCUT2D eigenvalue weighted by Gasteiger charge is -2.26. The molecule has 1 N–H and O–H groups in total. The van der Waals surface area contributed by atoms with E-state index in [1.54, 1.807) is 0 Å². The first-order valence-electron chi connectivity index (χ1n) is 8.00. The van der Waals surface area contributed by atoms with Crippen molar-refractivity contribution in [2.45, 2.75) is 32.2 Å². The minimum Gasteiger partial charge on any atom is -0.486 e. The van der Waals surface area contributed by atoms with Crippen molar-refractivity contribution in [3.05, 3.63) is 23.8 Å². The van der Waals surface area contributed by atoms with Crippen molar-refractivity contribution in [1.82, 2.24) is 10.2 Å². The Hall–Kier alpha value is -1.26. The highest BCUT2D eigenvalue weighted by Gasteiger charge is 2.17. The lowest BCUT2D eigenvalue weighted by Crippen LogP contribution is -2.32. The molecule has 0 spiro atoms. The Bertz CT molecular complexity index is 437. The van der Waals surface area contributed by atoms with Crippen LogP contribution in [-0.4, -0.2) is 45.3 Å². The highest BCUT2D eigenvalue weighted by molar-refractivity contribution is 5.44. The van der Waals surface area contributed by atoms with E-state index in [-0.39, 0.29) is 0 Å². The highest BCUT2D eigenvalue weighted by Crippen LogP contribution is 2.32. The summed E-state index contributed by atoms with van der Waals surface area (Å²) in [7, 11) is 4.21. The minimum atomic E-state index is 0.312. The summed E-state index contributed by atoms with van der Waals surface area (Å²) < 4.78 is 11.3. The molecule has 1 unspecified atom stereocenters. The number of ether oxygens (including phenoxy) is 2. The molecule has 0 bridgehead atoms. The molecule has 1 aromatic rings. The van der Waals surface area contributed by atoms with Gasteiger partial charge in [0.2, 0.25) is 0 Å². The SMILES string of the molecule is CCCCCN(C)CC(NC)c1ccc2c(c1)OCCO2. The van der Waals surface area contributed by atoms with Crippen molar-refractivity contribution in [2.24, 2.45) is 0 Å². The third kappa shape index (κ3) is 4.61. The smallest absolute Gasteiger partial charge is 0.161 e. The van der Waals surface area contributed by atoms with Gasteiger partial charge in [0.1, 0.15) is 13.2 Å². The first-order chi connectivity index (χ1) is 10.2. The van der Waals surface area contributed by atoms with Crippen molar-refractivity contribution < 1.29 is 9.47 Å². The summed E-state index contributed by atoms with van der Waals surface area (Å²) in [6, 6.07) is 6.57. The average Bonchev–Trinajstić information content (AvgIpc) is 2.52. The van der Waals surface area contributed by atoms with Crippen molar-refractivity contribution in [3.63, 3.8) is 0 Å². The fourth-order valence-corrected chi connectivity index (χ4v) is 2.67. The highest BCUT2D eigenvalue weighted by atomic mass is 16.6. The number of hydrogen-bond acceptors (Lipinski definition) is 4. The molecular weight excluding hydrogens is 264 g/mol. The molecule has 1 aliphatic rings. The zero-order valence-corrected chi connectivity index (χ0v) is 13.5. The Balaban J connectivity index is 1.96. The second kappa shape index (κ2) is 8.25. The standard InChI is InChI=1S/C17H28N2O2/c1-4-5-6-9-19(3)13-15(18-2)14-7-8-16-17(12-14)21-11-10-20-16/h7-8,12,15,18H,4-6,9-11,13H2,1-3H3. The van der Waals surface area contributed by atoms with Gasteiger partial charge in [-0.3, -0.25) is 0 Å². The molecule has 118 valence electrons. The molecule has 4 heteroatoms. The van der Waals surface area contributed by atoms with Gasteiger partial charge < -0.3 is 19.7 Å². The number of rotatable bonds is 8. The van der Waals surface area contributed by atoms with E-state index in [1.807, 2.05) is 13.1 Å². The Morgan fingerprint density at radius 3 is 2.67 bits per heavy atom. The summed E-state index contributed by atoms with van der Waals surface area (Å²) in [5, 5.41) is 3.41. The van der Waals surface area contributed by atoms with Crippen LogP contribution < -0.4 is 14.8 Å². The fourth-order valence-electron chi connectivity index (χ4n) is 2.67. The van der Waals surface area contributed by atoms with Crippen LogP contribution in [0.15, 0.2) is 18.2 Å². The van der Waals surface area contributed by atoms with E-state index in [2.05, 4.69) is 36.3 Å². The molecule has 1 heterocycles. The van der Waals surface area contributed by atoms with Gasteiger partial charge in [0.05, 0.1) is 0 Å². The van der Waals surface area contributed by atoms with Crippen molar-refractivity contribution in [1.29, 1.82) is 0 Å². The molecule has 0 amide bonds. The lowest BCUT2D eigenvalue weighted by molar-refractivity contribution is 0.171.